The normalized spacial score (nSPS) is 10.2. The summed E-state index contributed by atoms with van der Waals surface area (Å²) in [5, 5.41) is 0.566. The van der Waals surface area contributed by atoms with Crippen molar-refractivity contribution in [1.82, 2.24) is 4.98 Å². The Morgan fingerprint density at radius 1 is 1.38 bits per heavy atom. The number of anilines is 1. The van der Waals surface area contributed by atoms with Crippen LogP contribution in [-0.2, 0) is 0 Å². The smallest absolute Gasteiger partial charge is 0.181 e. The highest BCUT2D eigenvalue weighted by Gasteiger charge is 2.05. The summed E-state index contributed by atoms with van der Waals surface area (Å²) < 4.78 is 5.10. The van der Waals surface area contributed by atoms with Gasteiger partial charge in [0, 0.05) is 11.3 Å². The molecule has 1 heterocycles. The van der Waals surface area contributed by atoms with E-state index < -0.39 is 0 Å². The summed E-state index contributed by atoms with van der Waals surface area (Å²) in [7, 11) is 0. The maximum Gasteiger partial charge on any atom is 0.181 e. The molecule has 0 aliphatic heterocycles. The van der Waals surface area contributed by atoms with Crippen molar-refractivity contribution in [3.8, 4) is 11.3 Å². The molecular formula is C9H7ClN2O. The average Bonchev–Trinajstić information content (AvgIpc) is 2.56. The van der Waals surface area contributed by atoms with Gasteiger partial charge in [-0.3, -0.25) is 0 Å². The number of benzene rings is 1. The van der Waals surface area contributed by atoms with Crippen LogP contribution in [0.4, 0.5) is 5.69 Å². The largest absolute Gasteiger partial charge is 0.443 e. The van der Waals surface area contributed by atoms with E-state index in [1.54, 1.807) is 24.4 Å². The molecule has 1 aromatic heterocycles. The highest BCUT2D eigenvalue weighted by molar-refractivity contribution is 6.33. The highest BCUT2D eigenvalue weighted by atomic mass is 35.5. The Kier molecular flexibility index (Phi) is 1.94. The molecule has 3 nitrogen and oxygen atoms in total. The first-order valence-corrected chi connectivity index (χ1v) is 4.09. The quantitative estimate of drug-likeness (QED) is 0.710. The summed E-state index contributed by atoms with van der Waals surface area (Å²) in [6.45, 7) is 0. The minimum absolute atomic E-state index is 0.566. The molecule has 0 amide bonds. The Morgan fingerprint density at radius 2 is 2.23 bits per heavy atom. The fourth-order valence-corrected chi connectivity index (χ4v) is 1.36. The van der Waals surface area contributed by atoms with Gasteiger partial charge < -0.3 is 10.2 Å². The predicted octanol–water partition coefficient (Wildman–Crippen LogP) is 2.58. The molecule has 1 aromatic carbocycles. The first kappa shape index (κ1) is 8.13. The van der Waals surface area contributed by atoms with Crippen molar-refractivity contribution < 1.29 is 4.42 Å². The van der Waals surface area contributed by atoms with Gasteiger partial charge in [-0.25, -0.2) is 4.98 Å². The zero-order valence-corrected chi connectivity index (χ0v) is 7.45. The second-order valence-electron chi connectivity index (χ2n) is 2.60. The van der Waals surface area contributed by atoms with Crippen LogP contribution in [0, 0.1) is 0 Å². The zero-order valence-electron chi connectivity index (χ0n) is 6.70. The summed E-state index contributed by atoms with van der Waals surface area (Å²) in [5.74, 6) is 0.644. The minimum atomic E-state index is 0.566. The third-order valence-corrected chi connectivity index (χ3v) is 2.00. The van der Waals surface area contributed by atoms with E-state index in [1.807, 2.05) is 0 Å². The standard InChI is InChI=1S/C9H7ClN2O/c10-8-3-6(11)1-2-7(8)9-4-12-5-13-9/h1-5H,11H2. The summed E-state index contributed by atoms with van der Waals surface area (Å²) in [5.41, 5.74) is 6.98. The van der Waals surface area contributed by atoms with Gasteiger partial charge in [0.1, 0.15) is 0 Å². The molecule has 2 N–H and O–H groups in total. The van der Waals surface area contributed by atoms with Crippen LogP contribution in [0.3, 0.4) is 0 Å². The first-order chi connectivity index (χ1) is 6.27. The van der Waals surface area contributed by atoms with Crippen molar-refractivity contribution in [2.75, 3.05) is 5.73 Å². The molecule has 2 aromatic rings. The number of halogens is 1. The number of oxazole rings is 1. The second-order valence-corrected chi connectivity index (χ2v) is 3.01. The van der Waals surface area contributed by atoms with Crippen LogP contribution in [-0.4, -0.2) is 4.98 Å². The van der Waals surface area contributed by atoms with Crippen molar-refractivity contribution >= 4 is 17.3 Å². The third kappa shape index (κ3) is 1.51. The van der Waals surface area contributed by atoms with Crippen LogP contribution in [0.25, 0.3) is 11.3 Å². The number of rotatable bonds is 1. The Hall–Kier alpha value is -1.48. The Labute approximate surface area is 80.1 Å². The zero-order chi connectivity index (χ0) is 9.26. The van der Waals surface area contributed by atoms with Gasteiger partial charge in [-0.2, -0.15) is 0 Å². The van der Waals surface area contributed by atoms with E-state index in [2.05, 4.69) is 4.98 Å². The molecule has 2 rings (SSSR count). The molecule has 0 spiro atoms. The summed E-state index contributed by atoms with van der Waals surface area (Å²) >= 11 is 5.95. The maximum absolute atomic E-state index is 5.95. The summed E-state index contributed by atoms with van der Waals surface area (Å²) in [4.78, 5) is 3.81. The van der Waals surface area contributed by atoms with E-state index in [1.165, 1.54) is 6.39 Å². The highest BCUT2D eigenvalue weighted by Crippen LogP contribution is 2.28. The van der Waals surface area contributed by atoms with E-state index in [0.29, 0.717) is 16.5 Å². The molecule has 0 fully saturated rings. The average molecular weight is 195 g/mol. The molecule has 66 valence electrons. The number of hydrogen-bond donors (Lipinski definition) is 1. The van der Waals surface area contributed by atoms with Crippen LogP contribution in [0.5, 0.6) is 0 Å². The van der Waals surface area contributed by atoms with E-state index in [4.69, 9.17) is 21.8 Å². The monoisotopic (exact) mass is 194 g/mol. The molecule has 0 saturated carbocycles. The van der Waals surface area contributed by atoms with Gasteiger partial charge in [0.2, 0.25) is 0 Å². The second kappa shape index (κ2) is 3.11. The lowest BCUT2D eigenvalue weighted by atomic mass is 10.2. The SMILES string of the molecule is Nc1ccc(-c2cnco2)c(Cl)c1. The van der Waals surface area contributed by atoms with Crippen LogP contribution in [0.1, 0.15) is 0 Å². The van der Waals surface area contributed by atoms with E-state index >= 15 is 0 Å². The fraction of sp³-hybridized carbons (Fsp3) is 0. The number of hydrogen-bond acceptors (Lipinski definition) is 3. The van der Waals surface area contributed by atoms with Crippen LogP contribution in [0.2, 0.25) is 5.02 Å². The molecule has 0 atom stereocenters. The van der Waals surface area contributed by atoms with E-state index in [9.17, 15) is 0 Å². The number of aromatic nitrogens is 1. The Morgan fingerprint density at radius 3 is 2.85 bits per heavy atom. The van der Waals surface area contributed by atoms with E-state index in [-0.39, 0.29) is 0 Å². The van der Waals surface area contributed by atoms with Gasteiger partial charge in [0.25, 0.3) is 0 Å². The number of nitrogen functional groups attached to an aromatic ring is 1. The molecule has 0 aliphatic carbocycles. The van der Waals surface area contributed by atoms with Crippen LogP contribution >= 0.6 is 11.6 Å². The van der Waals surface area contributed by atoms with Crippen LogP contribution < -0.4 is 5.73 Å². The lowest BCUT2D eigenvalue weighted by Gasteiger charge is -2.00. The summed E-state index contributed by atoms with van der Waals surface area (Å²) in [6, 6.07) is 5.25. The van der Waals surface area contributed by atoms with Crippen molar-refractivity contribution in [2.45, 2.75) is 0 Å². The molecule has 0 saturated heterocycles. The van der Waals surface area contributed by atoms with Crippen molar-refractivity contribution in [2.24, 2.45) is 0 Å². The minimum Gasteiger partial charge on any atom is -0.443 e. The van der Waals surface area contributed by atoms with Crippen molar-refractivity contribution in [3.63, 3.8) is 0 Å². The molecular weight excluding hydrogens is 188 g/mol. The van der Waals surface area contributed by atoms with Gasteiger partial charge in [-0.05, 0) is 18.2 Å². The van der Waals surface area contributed by atoms with Gasteiger partial charge in [0.05, 0.1) is 11.2 Å². The first-order valence-electron chi connectivity index (χ1n) is 3.71. The molecule has 0 aliphatic rings. The van der Waals surface area contributed by atoms with Crippen molar-refractivity contribution in [1.29, 1.82) is 0 Å². The molecule has 13 heavy (non-hydrogen) atoms. The molecule has 0 radical (unpaired) electrons. The van der Waals surface area contributed by atoms with Crippen LogP contribution in [0.15, 0.2) is 35.2 Å². The van der Waals surface area contributed by atoms with E-state index in [0.717, 1.165) is 5.56 Å². The fourth-order valence-electron chi connectivity index (χ4n) is 1.08. The maximum atomic E-state index is 5.95. The predicted molar refractivity (Wildman–Crippen MR) is 51.4 cm³/mol. The topological polar surface area (TPSA) is 52.0 Å². The number of nitrogens with zero attached hydrogens (tertiary/aromatic N) is 1. The Bertz CT molecular complexity index is 412. The molecule has 0 bridgehead atoms. The third-order valence-electron chi connectivity index (χ3n) is 1.69. The lowest BCUT2D eigenvalue weighted by Crippen LogP contribution is -1.84. The number of nitrogens with two attached hydrogens (primary N) is 1. The van der Waals surface area contributed by atoms with Gasteiger partial charge in [-0.1, -0.05) is 11.6 Å². The Balaban J connectivity index is 2.53. The molecule has 4 heteroatoms. The summed E-state index contributed by atoms with van der Waals surface area (Å²) in [6.07, 6.45) is 2.97. The van der Waals surface area contributed by atoms with Crippen molar-refractivity contribution in [3.05, 3.63) is 35.8 Å². The molecule has 0 unspecified atom stereocenters. The van der Waals surface area contributed by atoms with Gasteiger partial charge >= 0.3 is 0 Å². The van der Waals surface area contributed by atoms with Gasteiger partial charge in [-0.15, -0.1) is 0 Å². The lowest BCUT2D eigenvalue weighted by molar-refractivity contribution is 0.572. The van der Waals surface area contributed by atoms with Gasteiger partial charge in [0.15, 0.2) is 12.2 Å².